The number of nitrogens with two attached hydrogens (primary N) is 1. The van der Waals surface area contributed by atoms with Gasteiger partial charge in [-0.3, -0.25) is 9.79 Å². The molecule has 0 saturated carbocycles. The summed E-state index contributed by atoms with van der Waals surface area (Å²) in [4.78, 5) is 15.6. The molecule has 0 saturated heterocycles. The minimum absolute atomic E-state index is 0.221. The molecular weight excluding hydrogens is 300 g/mol. The summed E-state index contributed by atoms with van der Waals surface area (Å²) in [7, 11) is 0. The van der Waals surface area contributed by atoms with Crippen LogP contribution in [0.15, 0.2) is 53.5 Å². The van der Waals surface area contributed by atoms with Crippen LogP contribution in [-0.2, 0) is 11.2 Å². The molecule has 1 amide bonds. The van der Waals surface area contributed by atoms with Gasteiger partial charge in [-0.25, -0.2) is 0 Å². The first-order chi connectivity index (χ1) is 11.5. The highest BCUT2D eigenvalue weighted by Crippen LogP contribution is 2.31. The van der Waals surface area contributed by atoms with Gasteiger partial charge in [0.15, 0.2) is 0 Å². The maximum Gasteiger partial charge on any atom is 0.217 e. The summed E-state index contributed by atoms with van der Waals surface area (Å²) in [5.41, 5.74) is 11.6. The highest BCUT2D eigenvalue weighted by molar-refractivity contribution is 6.24. The number of rotatable bonds is 5. The molecule has 4 nitrogen and oxygen atoms in total. The largest absolute Gasteiger partial charge is 0.508 e. The highest BCUT2D eigenvalue weighted by Gasteiger charge is 2.13. The number of aliphatic imine (C=N–C) groups is 1. The van der Waals surface area contributed by atoms with E-state index in [0.29, 0.717) is 19.4 Å². The Hall–Kier alpha value is -2.88. The number of carbonyl (C=O) groups excluding carboxylic acids is 1. The first kappa shape index (κ1) is 16.0. The summed E-state index contributed by atoms with van der Waals surface area (Å²) in [6, 6.07) is 13.3. The standard InChI is InChI=1S/C20H20N2O2/c1-13-18(9-10-22-13)15-5-7-19(14-3-2-4-17(23)12-14)16(11-15)6-8-20(21)24/h2-5,7,9,11-12,23H,6,8,10H2,1H3,(H2,21,24). The van der Waals surface area contributed by atoms with Crippen molar-refractivity contribution < 1.29 is 9.90 Å². The van der Waals surface area contributed by atoms with Gasteiger partial charge in [0, 0.05) is 17.7 Å². The lowest BCUT2D eigenvalue weighted by Crippen LogP contribution is -2.11. The van der Waals surface area contributed by atoms with E-state index in [9.17, 15) is 9.90 Å². The Morgan fingerprint density at radius 3 is 2.71 bits per heavy atom. The summed E-state index contributed by atoms with van der Waals surface area (Å²) >= 11 is 0. The number of phenolic OH excluding ortho intramolecular Hbond substituents is 1. The van der Waals surface area contributed by atoms with Crippen molar-refractivity contribution in [2.75, 3.05) is 6.54 Å². The third-order valence-corrected chi connectivity index (χ3v) is 4.23. The maximum atomic E-state index is 11.2. The fraction of sp³-hybridized carbons (Fsp3) is 0.200. The van der Waals surface area contributed by atoms with Gasteiger partial charge in [0.25, 0.3) is 0 Å². The van der Waals surface area contributed by atoms with E-state index in [0.717, 1.165) is 33.5 Å². The summed E-state index contributed by atoms with van der Waals surface area (Å²) in [6.07, 6.45) is 2.97. The van der Waals surface area contributed by atoms with Gasteiger partial charge < -0.3 is 10.8 Å². The second kappa shape index (κ2) is 6.71. The molecule has 0 radical (unpaired) electrons. The SMILES string of the molecule is CC1=NCC=C1c1ccc(-c2cccc(O)c2)c(CCC(N)=O)c1. The number of carbonyl (C=O) groups is 1. The van der Waals surface area contributed by atoms with E-state index in [1.54, 1.807) is 12.1 Å². The molecule has 1 aliphatic heterocycles. The first-order valence-corrected chi connectivity index (χ1v) is 7.97. The average molecular weight is 320 g/mol. The van der Waals surface area contributed by atoms with Crippen LogP contribution < -0.4 is 5.73 Å². The van der Waals surface area contributed by atoms with E-state index in [4.69, 9.17) is 5.73 Å². The molecular formula is C20H20N2O2. The molecule has 1 heterocycles. The Morgan fingerprint density at radius 1 is 1.21 bits per heavy atom. The molecule has 0 unspecified atom stereocenters. The molecule has 2 aromatic rings. The first-order valence-electron chi connectivity index (χ1n) is 7.97. The number of nitrogens with zero attached hydrogens (tertiary/aromatic N) is 1. The zero-order valence-electron chi connectivity index (χ0n) is 13.6. The van der Waals surface area contributed by atoms with Crippen LogP contribution in [0.25, 0.3) is 16.7 Å². The number of aryl methyl sites for hydroxylation is 1. The molecule has 0 bridgehead atoms. The number of benzene rings is 2. The molecule has 24 heavy (non-hydrogen) atoms. The van der Waals surface area contributed by atoms with Gasteiger partial charge in [-0.2, -0.15) is 0 Å². The summed E-state index contributed by atoms with van der Waals surface area (Å²) < 4.78 is 0. The highest BCUT2D eigenvalue weighted by atomic mass is 16.3. The van der Waals surface area contributed by atoms with E-state index in [1.807, 2.05) is 25.1 Å². The minimum atomic E-state index is -0.319. The van der Waals surface area contributed by atoms with Gasteiger partial charge in [0.1, 0.15) is 5.75 Å². The predicted molar refractivity (Wildman–Crippen MR) is 97.0 cm³/mol. The zero-order valence-corrected chi connectivity index (χ0v) is 13.6. The van der Waals surface area contributed by atoms with Crippen molar-refractivity contribution in [3.8, 4) is 16.9 Å². The molecule has 2 aromatic carbocycles. The third-order valence-electron chi connectivity index (χ3n) is 4.23. The zero-order chi connectivity index (χ0) is 17.1. The fourth-order valence-corrected chi connectivity index (χ4v) is 3.01. The van der Waals surface area contributed by atoms with Crippen molar-refractivity contribution in [1.82, 2.24) is 0 Å². The van der Waals surface area contributed by atoms with Gasteiger partial charge in [0.2, 0.25) is 5.91 Å². The van der Waals surface area contributed by atoms with Crippen LogP contribution in [0.4, 0.5) is 0 Å². The topological polar surface area (TPSA) is 75.7 Å². The molecule has 3 N–H and O–H groups in total. The van der Waals surface area contributed by atoms with Gasteiger partial charge in [-0.15, -0.1) is 0 Å². The Labute approximate surface area is 141 Å². The minimum Gasteiger partial charge on any atom is -0.508 e. The second-order valence-corrected chi connectivity index (χ2v) is 5.93. The van der Waals surface area contributed by atoms with E-state index >= 15 is 0 Å². The van der Waals surface area contributed by atoms with Crippen molar-refractivity contribution >= 4 is 17.2 Å². The van der Waals surface area contributed by atoms with Crippen molar-refractivity contribution in [3.63, 3.8) is 0 Å². The molecule has 0 aliphatic carbocycles. The van der Waals surface area contributed by atoms with Crippen LogP contribution in [0.1, 0.15) is 24.5 Å². The van der Waals surface area contributed by atoms with Gasteiger partial charge >= 0.3 is 0 Å². The smallest absolute Gasteiger partial charge is 0.217 e. The number of aromatic hydroxyl groups is 1. The number of hydrogen-bond acceptors (Lipinski definition) is 3. The van der Waals surface area contributed by atoms with Gasteiger partial charge in [-0.05, 0) is 47.7 Å². The van der Waals surface area contributed by atoms with Crippen LogP contribution >= 0.6 is 0 Å². The molecule has 0 aromatic heterocycles. The number of amides is 1. The van der Waals surface area contributed by atoms with Crippen LogP contribution in [0.2, 0.25) is 0 Å². The summed E-state index contributed by atoms with van der Waals surface area (Å²) in [6.45, 7) is 2.72. The van der Waals surface area contributed by atoms with Gasteiger partial charge in [0.05, 0.1) is 6.54 Å². The van der Waals surface area contributed by atoms with Crippen molar-refractivity contribution in [3.05, 3.63) is 59.7 Å². The molecule has 4 heteroatoms. The molecule has 0 spiro atoms. The number of phenols is 1. The quantitative estimate of drug-likeness (QED) is 0.886. The number of hydrogen-bond donors (Lipinski definition) is 2. The Bertz CT molecular complexity index is 850. The predicted octanol–water partition coefficient (Wildman–Crippen LogP) is 3.34. The third kappa shape index (κ3) is 3.38. The normalized spacial score (nSPS) is 13.5. The van der Waals surface area contributed by atoms with Crippen molar-refractivity contribution in [1.29, 1.82) is 0 Å². The number of allylic oxidation sites excluding steroid dienone is 1. The fourth-order valence-electron chi connectivity index (χ4n) is 3.01. The Morgan fingerprint density at radius 2 is 2.04 bits per heavy atom. The summed E-state index contributed by atoms with van der Waals surface area (Å²) in [5, 5.41) is 9.75. The van der Waals surface area contributed by atoms with E-state index in [1.165, 1.54) is 0 Å². The lowest BCUT2D eigenvalue weighted by Gasteiger charge is -2.13. The molecule has 1 aliphatic rings. The Kier molecular flexibility index (Phi) is 4.47. The van der Waals surface area contributed by atoms with E-state index < -0.39 is 0 Å². The van der Waals surface area contributed by atoms with Crippen LogP contribution in [0, 0.1) is 0 Å². The lowest BCUT2D eigenvalue weighted by atomic mass is 9.91. The van der Waals surface area contributed by atoms with Crippen LogP contribution in [0.5, 0.6) is 5.75 Å². The molecule has 3 rings (SSSR count). The van der Waals surface area contributed by atoms with Crippen molar-refractivity contribution in [2.45, 2.75) is 19.8 Å². The number of primary amides is 1. The van der Waals surface area contributed by atoms with E-state index in [-0.39, 0.29) is 11.7 Å². The van der Waals surface area contributed by atoms with Crippen LogP contribution in [-0.4, -0.2) is 23.3 Å². The molecule has 0 atom stereocenters. The average Bonchev–Trinajstić information content (AvgIpc) is 2.98. The molecule has 122 valence electrons. The van der Waals surface area contributed by atoms with Gasteiger partial charge in [-0.1, -0.05) is 36.4 Å². The Balaban J connectivity index is 2.04. The maximum absolute atomic E-state index is 11.2. The lowest BCUT2D eigenvalue weighted by molar-refractivity contribution is -0.117. The monoisotopic (exact) mass is 320 g/mol. The molecule has 0 fully saturated rings. The van der Waals surface area contributed by atoms with Crippen LogP contribution in [0.3, 0.4) is 0 Å². The van der Waals surface area contributed by atoms with Crippen molar-refractivity contribution in [2.24, 2.45) is 10.7 Å². The van der Waals surface area contributed by atoms with E-state index in [2.05, 4.69) is 23.2 Å². The summed E-state index contributed by atoms with van der Waals surface area (Å²) in [5.74, 6) is -0.0982. The second-order valence-electron chi connectivity index (χ2n) is 5.93.